The van der Waals surface area contributed by atoms with Crippen LogP contribution in [0.25, 0.3) is 0 Å². The van der Waals surface area contributed by atoms with Crippen molar-refractivity contribution in [2.24, 2.45) is 0 Å². The zero-order valence-electron chi connectivity index (χ0n) is 10.2. The maximum Gasteiger partial charge on any atom is 0.224 e. The number of hydrogen-bond acceptors (Lipinski definition) is 5. The van der Waals surface area contributed by atoms with Gasteiger partial charge in [-0.05, 0) is 13.8 Å². The molecule has 0 aliphatic rings. The second-order valence-electron chi connectivity index (χ2n) is 3.81. The molecular weight excluding hydrogens is 238 g/mol. The quantitative estimate of drug-likeness (QED) is 0.872. The van der Waals surface area contributed by atoms with E-state index in [1.165, 1.54) is 0 Å². The minimum absolute atomic E-state index is 0.223. The lowest BCUT2D eigenvalue weighted by Crippen LogP contribution is -2.32. The van der Waals surface area contributed by atoms with Gasteiger partial charge >= 0.3 is 0 Å². The van der Waals surface area contributed by atoms with E-state index in [9.17, 15) is 0 Å². The van der Waals surface area contributed by atoms with Crippen molar-refractivity contribution >= 4 is 23.4 Å². The second kappa shape index (κ2) is 6.26. The van der Waals surface area contributed by atoms with E-state index in [1.54, 1.807) is 13.2 Å². The van der Waals surface area contributed by atoms with Crippen LogP contribution in [0.5, 0.6) is 0 Å². The topological polar surface area (TPSA) is 64.8 Å². The van der Waals surface area contributed by atoms with Crippen molar-refractivity contribution in [1.29, 1.82) is 5.26 Å². The Bertz CT molecular complexity index is 413. The van der Waals surface area contributed by atoms with E-state index in [4.69, 9.17) is 16.9 Å². The van der Waals surface area contributed by atoms with Crippen LogP contribution in [0.3, 0.4) is 0 Å². The molecule has 1 N–H and O–H groups in total. The summed E-state index contributed by atoms with van der Waals surface area (Å²) in [5, 5.41) is 12.0. The lowest BCUT2D eigenvalue weighted by molar-refractivity contribution is 0.676. The highest BCUT2D eigenvalue weighted by Crippen LogP contribution is 2.25. The summed E-state index contributed by atoms with van der Waals surface area (Å²) in [6.07, 6.45) is 2.00. The van der Waals surface area contributed by atoms with E-state index < -0.39 is 0 Å². The largest absolute Gasteiger partial charge is 0.357 e. The summed E-state index contributed by atoms with van der Waals surface area (Å²) in [6, 6.07) is 2.35. The van der Waals surface area contributed by atoms with Crippen LogP contribution in [-0.2, 0) is 0 Å². The van der Waals surface area contributed by atoms with Crippen molar-refractivity contribution in [1.82, 2.24) is 9.97 Å². The predicted molar refractivity (Wildman–Crippen MR) is 69.3 cm³/mol. The summed E-state index contributed by atoms with van der Waals surface area (Å²) in [5.41, 5.74) is 0. The van der Waals surface area contributed by atoms with Gasteiger partial charge in [-0.15, -0.1) is 0 Å². The fourth-order valence-corrected chi connectivity index (χ4v) is 1.66. The van der Waals surface area contributed by atoms with Gasteiger partial charge in [0.1, 0.15) is 5.02 Å². The molecule has 0 saturated heterocycles. The summed E-state index contributed by atoms with van der Waals surface area (Å²) >= 11 is 6.09. The molecule has 92 valence electrons. The summed E-state index contributed by atoms with van der Waals surface area (Å²) in [7, 11) is 1.75. The smallest absolute Gasteiger partial charge is 0.224 e. The lowest BCUT2D eigenvalue weighted by Gasteiger charge is -2.27. The van der Waals surface area contributed by atoms with Crippen LogP contribution < -0.4 is 10.2 Å². The minimum Gasteiger partial charge on any atom is -0.357 e. The van der Waals surface area contributed by atoms with Crippen LogP contribution in [0.4, 0.5) is 11.8 Å². The second-order valence-corrected chi connectivity index (χ2v) is 4.22. The van der Waals surface area contributed by atoms with E-state index in [-0.39, 0.29) is 6.04 Å². The molecule has 0 amide bonds. The molecule has 0 aromatic carbocycles. The molecule has 0 bridgehead atoms. The Morgan fingerprint density at radius 3 is 2.82 bits per heavy atom. The molecule has 6 heteroatoms. The molecule has 0 aliphatic heterocycles. The first-order valence-corrected chi connectivity index (χ1v) is 5.81. The van der Waals surface area contributed by atoms with Crippen molar-refractivity contribution in [3.63, 3.8) is 0 Å². The molecule has 0 spiro atoms. The van der Waals surface area contributed by atoms with Gasteiger partial charge in [0.05, 0.1) is 18.7 Å². The maximum absolute atomic E-state index is 8.66. The lowest BCUT2D eigenvalue weighted by atomic mass is 10.3. The Labute approximate surface area is 106 Å². The van der Waals surface area contributed by atoms with Gasteiger partial charge in [0, 0.05) is 19.6 Å². The van der Waals surface area contributed by atoms with Gasteiger partial charge in [-0.1, -0.05) is 11.6 Å². The highest BCUT2D eigenvalue weighted by atomic mass is 35.5. The average Bonchev–Trinajstić information content (AvgIpc) is 2.31. The fraction of sp³-hybridized carbons (Fsp3) is 0.545. The number of hydrogen-bond donors (Lipinski definition) is 1. The fourth-order valence-electron chi connectivity index (χ4n) is 1.46. The van der Waals surface area contributed by atoms with Crippen molar-refractivity contribution in [3.8, 4) is 6.07 Å². The van der Waals surface area contributed by atoms with Crippen molar-refractivity contribution in [2.75, 3.05) is 23.8 Å². The molecule has 5 nitrogen and oxygen atoms in total. The van der Waals surface area contributed by atoms with Crippen LogP contribution in [0.2, 0.25) is 5.02 Å². The molecule has 0 aliphatic carbocycles. The molecule has 0 atom stereocenters. The zero-order chi connectivity index (χ0) is 12.8. The number of rotatable bonds is 5. The Kier molecular flexibility index (Phi) is 4.98. The van der Waals surface area contributed by atoms with Gasteiger partial charge in [-0.25, -0.2) is 4.98 Å². The third-order valence-electron chi connectivity index (χ3n) is 2.31. The SMILES string of the molecule is CNc1ncc(Cl)c(N(CCC#N)C(C)C)n1. The molecule has 1 heterocycles. The van der Waals surface area contributed by atoms with Crippen LogP contribution >= 0.6 is 11.6 Å². The number of nitrogens with zero attached hydrogens (tertiary/aromatic N) is 4. The molecule has 0 unspecified atom stereocenters. The Morgan fingerprint density at radius 1 is 1.59 bits per heavy atom. The van der Waals surface area contributed by atoms with E-state index >= 15 is 0 Å². The average molecular weight is 254 g/mol. The summed E-state index contributed by atoms with van der Waals surface area (Å²) < 4.78 is 0. The molecule has 0 saturated carbocycles. The van der Waals surface area contributed by atoms with E-state index in [1.807, 2.05) is 18.7 Å². The van der Waals surface area contributed by atoms with Crippen molar-refractivity contribution in [2.45, 2.75) is 26.3 Å². The molecular formula is C11H16ClN5. The molecule has 1 aromatic rings. The number of nitriles is 1. The first kappa shape index (κ1) is 13.5. The van der Waals surface area contributed by atoms with Gasteiger partial charge in [-0.2, -0.15) is 10.2 Å². The first-order chi connectivity index (χ1) is 8.10. The van der Waals surface area contributed by atoms with E-state index in [2.05, 4.69) is 21.4 Å². The maximum atomic E-state index is 8.66. The Hall–Kier alpha value is -1.54. The Balaban J connectivity index is 3.04. The molecule has 1 rings (SSSR count). The van der Waals surface area contributed by atoms with E-state index in [0.29, 0.717) is 29.8 Å². The van der Waals surface area contributed by atoms with Crippen molar-refractivity contribution in [3.05, 3.63) is 11.2 Å². The molecule has 0 radical (unpaired) electrons. The van der Waals surface area contributed by atoms with Crippen LogP contribution in [0, 0.1) is 11.3 Å². The van der Waals surface area contributed by atoms with Crippen LogP contribution in [0.15, 0.2) is 6.20 Å². The summed E-state index contributed by atoms with van der Waals surface area (Å²) in [4.78, 5) is 10.4. The standard InChI is InChI=1S/C11H16ClN5/c1-8(2)17(6-4-5-13)10-9(12)7-15-11(14-3)16-10/h7-8H,4,6H2,1-3H3,(H,14,15,16). The van der Waals surface area contributed by atoms with Gasteiger partial charge in [-0.3, -0.25) is 0 Å². The normalized spacial score (nSPS) is 10.1. The number of anilines is 2. The summed E-state index contributed by atoms with van der Waals surface area (Å²) in [6.45, 7) is 4.68. The predicted octanol–water partition coefficient (Wildman–Crippen LogP) is 2.30. The number of aromatic nitrogens is 2. The molecule has 17 heavy (non-hydrogen) atoms. The van der Waals surface area contributed by atoms with E-state index in [0.717, 1.165) is 0 Å². The van der Waals surface area contributed by atoms with Gasteiger partial charge in [0.25, 0.3) is 0 Å². The minimum atomic E-state index is 0.223. The summed E-state index contributed by atoms with van der Waals surface area (Å²) in [5.74, 6) is 1.18. The highest BCUT2D eigenvalue weighted by molar-refractivity contribution is 6.32. The number of nitrogens with one attached hydrogen (secondary N) is 1. The van der Waals surface area contributed by atoms with Gasteiger partial charge in [0.2, 0.25) is 5.95 Å². The first-order valence-electron chi connectivity index (χ1n) is 5.44. The number of halogens is 1. The zero-order valence-corrected chi connectivity index (χ0v) is 11.0. The Morgan fingerprint density at radius 2 is 2.29 bits per heavy atom. The van der Waals surface area contributed by atoms with Crippen molar-refractivity contribution < 1.29 is 0 Å². The highest BCUT2D eigenvalue weighted by Gasteiger charge is 2.16. The van der Waals surface area contributed by atoms with Gasteiger partial charge < -0.3 is 10.2 Å². The monoisotopic (exact) mass is 253 g/mol. The van der Waals surface area contributed by atoms with Crippen LogP contribution in [-0.4, -0.2) is 29.6 Å². The molecule has 1 aromatic heterocycles. The van der Waals surface area contributed by atoms with Crippen LogP contribution in [0.1, 0.15) is 20.3 Å². The third kappa shape index (κ3) is 3.46. The molecule has 0 fully saturated rings. The third-order valence-corrected chi connectivity index (χ3v) is 2.58. The van der Waals surface area contributed by atoms with Gasteiger partial charge in [0.15, 0.2) is 5.82 Å².